The lowest BCUT2D eigenvalue weighted by Gasteiger charge is -2.11. The monoisotopic (exact) mass is 283 g/mol. The van der Waals surface area contributed by atoms with Gasteiger partial charge in [0.25, 0.3) is 0 Å². The lowest BCUT2D eigenvalue weighted by molar-refractivity contribution is 0.128. The van der Waals surface area contributed by atoms with E-state index in [1.807, 2.05) is 18.2 Å². The fourth-order valence-corrected chi connectivity index (χ4v) is 3.66. The van der Waals surface area contributed by atoms with Crippen molar-refractivity contribution in [3.63, 3.8) is 0 Å². The third-order valence-electron chi connectivity index (χ3n) is 3.29. The van der Waals surface area contributed by atoms with Crippen LogP contribution in [0.1, 0.15) is 24.0 Å². The van der Waals surface area contributed by atoms with Gasteiger partial charge < -0.3 is 15.2 Å². The summed E-state index contributed by atoms with van der Waals surface area (Å²) in [5, 5.41) is 0. The molecule has 0 bridgehead atoms. The predicted molar refractivity (Wildman–Crippen MR) is 76.6 cm³/mol. The average molecular weight is 283 g/mol. The van der Waals surface area contributed by atoms with Gasteiger partial charge in [0.05, 0.1) is 19.0 Å². The largest absolute Gasteiger partial charge is 0.496 e. The van der Waals surface area contributed by atoms with E-state index in [1.54, 1.807) is 7.11 Å². The highest BCUT2D eigenvalue weighted by Gasteiger charge is 2.18. The van der Waals surface area contributed by atoms with Crippen LogP contribution < -0.4 is 10.5 Å². The summed E-state index contributed by atoms with van der Waals surface area (Å²) in [4.78, 5) is 0. The van der Waals surface area contributed by atoms with Crippen molar-refractivity contribution in [1.29, 1.82) is 0 Å². The molecule has 19 heavy (non-hydrogen) atoms. The van der Waals surface area contributed by atoms with Crippen LogP contribution in [0.25, 0.3) is 0 Å². The van der Waals surface area contributed by atoms with Crippen LogP contribution in [-0.4, -0.2) is 29.8 Å². The zero-order valence-corrected chi connectivity index (χ0v) is 12.1. The van der Waals surface area contributed by atoms with Gasteiger partial charge in [0.1, 0.15) is 5.75 Å². The molecule has 2 rings (SSSR count). The first-order chi connectivity index (χ1) is 9.22. The molecule has 1 fully saturated rings. The molecule has 5 heteroatoms. The van der Waals surface area contributed by atoms with Gasteiger partial charge in [-0.05, 0) is 30.5 Å². The molecule has 0 spiro atoms. The van der Waals surface area contributed by atoms with E-state index in [2.05, 4.69) is 0 Å². The molecule has 2 atom stereocenters. The van der Waals surface area contributed by atoms with E-state index < -0.39 is 10.8 Å². The maximum Gasteiger partial charge on any atom is 0.123 e. The van der Waals surface area contributed by atoms with Crippen molar-refractivity contribution in [3.05, 3.63) is 29.3 Å². The summed E-state index contributed by atoms with van der Waals surface area (Å²) in [6, 6.07) is 5.82. The summed E-state index contributed by atoms with van der Waals surface area (Å²) in [5.41, 5.74) is 7.67. The molecule has 1 aliphatic rings. The molecule has 0 saturated carbocycles. The summed E-state index contributed by atoms with van der Waals surface area (Å²) in [7, 11) is 0.742. The van der Waals surface area contributed by atoms with Crippen molar-refractivity contribution in [2.45, 2.75) is 31.2 Å². The molecule has 1 aromatic rings. The fraction of sp³-hybridized carbons (Fsp3) is 0.571. The second kappa shape index (κ2) is 7.03. The van der Waals surface area contributed by atoms with Crippen molar-refractivity contribution < 1.29 is 13.7 Å². The van der Waals surface area contributed by atoms with E-state index in [0.29, 0.717) is 18.1 Å². The third kappa shape index (κ3) is 4.03. The van der Waals surface area contributed by atoms with E-state index in [1.165, 1.54) is 0 Å². The zero-order valence-electron chi connectivity index (χ0n) is 11.3. The number of methoxy groups -OCH3 is 1. The summed E-state index contributed by atoms with van der Waals surface area (Å²) in [6.07, 6.45) is 2.29. The number of hydrogen-bond acceptors (Lipinski definition) is 4. The first kappa shape index (κ1) is 14.5. The first-order valence-corrected chi connectivity index (χ1v) is 8.04. The van der Waals surface area contributed by atoms with Crippen LogP contribution in [0.5, 0.6) is 5.75 Å². The van der Waals surface area contributed by atoms with Crippen LogP contribution in [0.4, 0.5) is 0 Å². The van der Waals surface area contributed by atoms with E-state index in [-0.39, 0.29) is 6.10 Å². The van der Waals surface area contributed by atoms with E-state index in [9.17, 15) is 4.21 Å². The summed E-state index contributed by atoms with van der Waals surface area (Å²) in [5.74, 6) is 1.97. The summed E-state index contributed by atoms with van der Waals surface area (Å²) in [6.45, 7) is 1.23. The van der Waals surface area contributed by atoms with Gasteiger partial charge in [0, 0.05) is 35.3 Å². The van der Waals surface area contributed by atoms with Gasteiger partial charge in [-0.3, -0.25) is 4.21 Å². The Balaban J connectivity index is 1.96. The van der Waals surface area contributed by atoms with Gasteiger partial charge in [-0.15, -0.1) is 0 Å². The normalized spacial score (nSPS) is 20.4. The topological polar surface area (TPSA) is 61.5 Å². The Morgan fingerprint density at radius 3 is 3.00 bits per heavy atom. The number of nitrogens with two attached hydrogens (primary N) is 1. The Morgan fingerprint density at radius 1 is 1.53 bits per heavy atom. The molecule has 0 aliphatic carbocycles. The van der Waals surface area contributed by atoms with Crippen molar-refractivity contribution >= 4 is 10.8 Å². The van der Waals surface area contributed by atoms with Crippen LogP contribution in [0.2, 0.25) is 0 Å². The quantitative estimate of drug-likeness (QED) is 0.861. The lowest BCUT2D eigenvalue weighted by Crippen LogP contribution is -2.16. The molecule has 2 unspecified atom stereocenters. The van der Waals surface area contributed by atoms with Gasteiger partial charge in [0.2, 0.25) is 0 Å². The van der Waals surface area contributed by atoms with E-state index >= 15 is 0 Å². The van der Waals surface area contributed by atoms with Crippen molar-refractivity contribution in [3.8, 4) is 5.75 Å². The molecular weight excluding hydrogens is 262 g/mol. The average Bonchev–Trinajstić information content (AvgIpc) is 2.91. The number of ether oxygens (including phenoxy) is 2. The van der Waals surface area contributed by atoms with Crippen molar-refractivity contribution in [2.75, 3.05) is 19.5 Å². The van der Waals surface area contributed by atoms with Crippen LogP contribution in [0, 0.1) is 0 Å². The molecule has 106 valence electrons. The van der Waals surface area contributed by atoms with Crippen molar-refractivity contribution in [2.24, 2.45) is 5.73 Å². The molecule has 1 saturated heterocycles. The van der Waals surface area contributed by atoms with Gasteiger partial charge >= 0.3 is 0 Å². The minimum atomic E-state index is -0.886. The fourth-order valence-electron chi connectivity index (χ4n) is 2.31. The zero-order chi connectivity index (χ0) is 13.7. The van der Waals surface area contributed by atoms with E-state index in [4.69, 9.17) is 15.2 Å². The van der Waals surface area contributed by atoms with Gasteiger partial charge in [-0.2, -0.15) is 0 Å². The van der Waals surface area contributed by atoms with Gasteiger partial charge in [0.15, 0.2) is 0 Å². The Bertz CT molecular complexity index is 444. The smallest absolute Gasteiger partial charge is 0.123 e. The lowest BCUT2D eigenvalue weighted by atomic mass is 10.1. The van der Waals surface area contributed by atoms with Crippen LogP contribution in [-0.2, 0) is 27.8 Å². The predicted octanol–water partition coefficient (Wildman–Crippen LogP) is 1.58. The second-order valence-electron chi connectivity index (χ2n) is 4.74. The highest BCUT2D eigenvalue weighted by molar-refractivity contribution is 7.84. The Morgan fingerprint density at radius 2 is 2.37 bits per heavy atom. The standard InChI is InChI=1S/C14H21NO3S/c1-17-14-5-4-11(7-12(14)8-15)9-19(16)10-13-3-2-6-18-13/h4-5,7,13H,2-3,6,8-10,15H2,1H3. The minimum absolute atomic E-state index is 0.174. The number of hydrogen-bond donors (Lipinski definition) is 1. The van der Waals surface area contributed by atoms with E-state index in [0.717, 1.165) is 36.3 Å². The van der Waals surface area contributed by atoms with Crippen LogP contribution >= 0.6 is 0 Å². The number of rotatable bonds is 6. The molecule has 1 aliphatic heterocycles. The highest BCUT2D eigenvalue weighted by Crippen LogP contribution is 2.21. The summed E-state index contributed by atoms with van der Waals surface area (Å²) >= 11 is 0. The number of benzene rings is 1. The molecule has 0 radical (unpaired) electrons. The van der Waals surface area contributed by atoms with Gasteiger partial charge in [-0.1, -0.05) is 6.07 Å². The molecule has 4 nitrogen and oxygen atoms in total. The Hall–Kier alpha value is -0.910. The maximum atomic E-state index is 12.1. The molecule has 0 aromatic heterocycles. The first-order valence-electron chi connectivity index (χ1n) is 6.55. The molecular formula is C14H21NO3S. The molecule has 0 amide bonds. The molecule has 2 N–H and O–H groups in total. The third-order valence-corrected chi connectivity index (χ3v) is 4.69. The van der Waals surface area contributed by atoms with Crippen LogP contribution in [0.3, 0.4) is 0 Å². The van der Waals surface area contributed by atoms with Crippen LogP contribution in [0.15, 0.2) is 18.2 Å². The highest BCUT2D eigenvalue weighted by atomic mass is 32.2. The Labute approximate surface area is 116 Å². The minimum Gasteiger partial charge on any atom is -0.496 e. The van der Waals surface area contributed by atoms with Crippen molar-refractivity contribution in [1.82, 2.24) is 0 Å². The Kier molecular flexibility index (Phi) is 5.36. The second-order valence-corrected chi connectivity index (χ2v) is 6.24. The summed E-state index contributed by atoms with van der Waals surface area (Å²) < 4.78 is 22.8. The SMILES string of the molecule is COc1ccc(CS(=O)CC2CCCO2)cc1CN. The molecule has 1 heterocycles. The molecule has 1 aromatic carbocycles. The van der Waals surface area contributed by atoms with Gasteiger partial charge in [-0.25, -0.2) is 0 Å². The maximum absolute atomic E-state index is 12.1.